The number of aromatic amines is 1. The number of anilines is 1. The van der Waals surface area contributed by atoms with Crippen LogP contribution in [-0.4, -0.2) is 12.0 Å². The number of rotatable bonds is 3. The molecule has 1 aliphatic rings. The van der Waals surface area contributed by atoms with Gasteiger partial charge in [-0.1, -0.05) is 95.9 Å². The molecule has 0 radical (unpaired) electrons. The van der Waals surface area contributed by atoms with Crippen LogP contribution in [0.4, 0.5) is 5.69 Å². The number of hydrogen-bond acceptors (Lipinski definition) is 3. The van der Waals surface area contributed by atoms with Gasteiger partial charge in [-0.15, -0.1) is 0 Å². The lowest BCUT2D eigenvalue weighted by atomic mass is 10.0. The van der Waals surface area contributed by atoms with Crippen LogP contribution in [-0.2, 0) is 7.05 Å². The summed E-state index contributed by atoms with van der Waals surface area (Å²) in [4.78, 5) is 7.30. The van der Waals surface area contributed by atoms with Crippen LogP contribution in [0.15, 0.2) is 113 Å². The van der Waals surface area contributed by atoms with Crippen molar-refractivity contribution in [2.45, 2.75) is 11.8 Å². The van der Waals surface area contributed by atoms with Crippen molar-refractivity contribution in [1.82, 2.24) is 4.98 Å². The van der Waals surface area contributed by atoms with Gasteiger partial charge in [0.25, 0.3) is 5.01 Å². The quantitative estimate of drug-likeness (QED) is 0.215. The van der Waals surface area contributed by atoms with Gasteiger partial charge >= 0.3 is 0 Å². The molecular weight excluding hydrogens is 539 g/mol. The number of hydrogen-bond donors (Lipinski definition) is 1. The molecule has 41 heavy (non-hydrogen) atoms. The maximum absolute atomic E-state index is 3.64. The predicted molar refractivity (Wildman–Crippen MR) is 178 cm³/mol. The first-order chi connectivity index (χ1) is 20.1. The minimum Gasteiger partial charge on any atom is -0.358 e. The summed E-state index contributed by atoms with van der Waals surface area (Å²) < 4.78 is 3.66. The van der Waals surface area contributed by atoms with Crippen molar-refractivity contribution in [3.63, 3.8) is 0 Å². The van der Waals surface area contributed by atoms with Crippen LogP contribution in [0.1, 0.15) is 16.3 Å². The summed E-state index contributed by atoms with van der Waals surface area (Å²) in [6.07, 6.45) is 4.76. The number of aryl methyl sites for hydroxylation is 2. The Kier molecular flexibility index (Phi) is 5.59. The molecule has 3 nitrogen and oxygen atoms in total. The fraction of sp³-hybridized carbons (Fsp3) is 0.0833. The van der Waals surface area contributed by atoms with Crippen LogP contribution in [0.25, 0.3) is 54.3 Å². The average Bonchev–Trinajstić information content (AvgIpc) is 3.62. The smallest absolute Gasteiger partial charge is 0.263 e. The zero-order valence-electron chi connectivity index (χ0n) is 23.1. The number of aromatic nitrogens is 2. The van der Waals surface area contributed by atoms with E-state index in [4.69, 9.17) is 0 Å². The first-order valence-corrected chi connectivity index (χ1v) is 15.4. The summed E-state index contributed by atoms with van der Waals surface area (Å²) in [7, 11) is 4.39. The summed E-state index contributed by atoms with van der Waals surface area (Å²) in [5.74, 6) is 0. The van der Waals surface area contributed by atoms with E-state index >= 15 is 0 Å². The molecule has 1 aliphatic heterocycles. The number of nitrogens with zero attached hydrogens (tertiary/aromatic N) is 2. The van der Waals surface area contributed by atoms with E-state index in [0.29, 0.717) is 0 Å². The zero-order valence-corrected chi connectivity index (χ0v) is 24.7. The fourth-order valence-corrected chi connectivity index (χ4v) is 8.50. The monoisotopic (exact) mass is 566 g/mol. The number of benzene rings is 5. The molecule has 0 saturated carbocycles. The lowest BCUT2D eigenvalue weighted by Gasteiger charge is -2.16. The molecule has 0 unspecified atom stereocenters. The van der Waals surface area contributed by atoms with Crippen molar-refractivity contribution in [3.8, 4) is 0 Å². The number of fused-ring (bicyclic) bond motifs is 7. The highest BCUT2D eigenvalue weighted by Gasteiger charge is 2.26. The van der Waals surface area contributed by atoms with Crippen LogP contribution >= 0.6 is 23.1 Å². The Morgan fingerprint density at radius 2 is 1.49 bits per heavy atom. The molecule has 0 saturated heterocycles. The third-order valence-electron chi connectivity index (χ3n) is 8.23. The Labute approximate surface area is 247 Å². The second-order valence-corrected chi connectivity index (χ2v) is 12.8. The van der Waals surface area contributed by atoms with Crippen LogP contribution in [0, 0.1) is 6.92 Å². The molecule has 198 valence electrons. The molecular formula is C36H28N3S2+. The second kappa shape index (κ2) is 9.37. The number of H-pyrrole nitrogens is 1. The van der Waals surface area contributed by atoms with E-state index in [1.54, 1.807) is 0 Å². The third kappa shape index (κ3) is 3.84. The van der Waals surface area contributed by atoms with Crippen LogP contribution in [0.3, 0.4) is 0 Å². The molecule has 2 aromatic heterocycles. The van der Waals surface area contributed by atoms with Gasteiger partial charge in [0.15, 0.2) is 0 Å². The summed E-state index contributed by atoms with van der Waals surface area (Å²) in [5, 5.41) is 8.82. The summed E-state index contributed by atoms with van der Waals surface area (Å²) in [5.41, 5.74) is 7.37. The standard InChI is InChI=1S/C36H27N3S2/c1-22-34(28-14-8-9-15-29(28)37-22)25(20-32-38(2)35-26-12-6-4-10-23(26)16-18-30(35)40-32)21-33-39(3)36-27-13-7-5-11-24(27)17-19-31(36)41-33/h4-21H,1-3H3/p+1/b32-20+. The van der Waals surface area contributed by atoms with Gasteiger partial charge in [0.1, 0.15) is 11.7 Å². The molecule has 0 amide bonds. The van der Waals surface area contributed by atoms with Crippen molar-refractivity contribution in [3.05, 3.63) is 124 Å². The molecule has 3 heterocycles. The molecule has 0 atom stereocenters. The first kappa shape index (κ1) is 24.5. The summed E-state index contributed by atoms with van der Waals surface area (Å²) in [6.45, 7) is 2.19. The molecule has 1 N–H and O–H groups in total. The highest BCUT2D eigenvalue weighted by atomic mass is 32.2. The van der Waals surface area contributed by atoms with E-state index in [0.717, 1.165) is 5.52 Å². The second-order valence-electron chi connectivity index (χ2n) is 10.7. The van der Waals surface area contributed by atoms with E-state index in [1.165, 1.54) is 74.6 Å². The van der Waals surface area contributed by atoms with Gasteiger partial charge in [0.05, 0.1) is 16.1 Å². The van der Waals surface area contributed by atoms with Gasteiger partial charge in [0, 0.05) is 45.6 Å². The maximum atomic E-state index is 3.64. The fourth-order valence-electron chi connectivity index (χ4n) is 6.26. The molecule has 7 aromatic rings. The van der Waals surface area contributed by atoms with Gasteiger partial charge in [-0.25, -0.2) is 0 Å². The molecule has 0 fully saturated rings. The number of allylic oxidation sites excluding steroid dienone is 2. The van der Waals surface area contributed by atoms with Gasteiger partial charge in [0.2, 0.25) is 5.52 Å². The maximum Gasteiger partial charge on any atom is 0.263 e. The first-order valence-electron chi connectivity index (χ1n) is 13.8. The van der Waals surface area contributed by atoms with Crippen molar-refractivity contribution < 1.29 is 4.57 Å². The zero-order chi connectivity index (χ0) is 27.7. The van der Waals surface area contributed by atoms with Crippen molar-refractivity contribution in [2.24, 2.45) is 7.05 Å². The predicted octanol–water partition coefficient (Wildman–Crippen LogP) is 9.45. The van der Waals surface area contributed by atoms with E-state index in [1.807, 2.05) is 23.1 Å². The van der Waals surface area contributed by atoms with Crippen LogP contribution in [0.5, 0.6) is 0 Å². The third-order valence-corrected chi connectivity index (χ3v) is 10.5. The molecule has 0 aliphatic carbocycles. The molecule has 8 rings (SSSR count). The normalized spacial score (nSPS) is 14.8. The average molecular weight is 567 g/mol. The minimum absolute atomic E-state index is 1.16. The Morgan fingerprint density at radius 1 is 0.805 bits per heavy atom. The number of thiazole rings is 1. The summed E-state index contributed by atoms with van der Waals surface area (Å²) >= 11 is 3.70. The molecule has 0 spiro atoms. The van der Waals surface area contributed by atoms with E-state index < -0.39 is 0 Å². The largest absolute Gasteiger partial charge is 0.358 e. The lowest BCUT2D eigenvalue weighted by molar-refractivity contribution is -0.641. The van der Waals surface area contributed by atoms with Gasteiger partial charge in [-0.05, 0) is 53.6 Å². The van der Waals surface area contributed by atoms with Crippen LogP contribution < -0.4 is 9.47 Å². The highest BCUT2D eigenvalue weighted by Crippen LogP contribution is 2.49. The van der Waals surface area contributed by atoms with Crippen molar-refractivity contribution in [1.29, 1.82) is 0 Å². The Balaban J connectivity index is 1.35. The van der Waals surface area contributed by atoms with E-state index in [2.05, 4.69) is 145 Å². The Bertz CT molecular complexity index is 2230. The number of nitrogens with one attached hydrogen (secondary N) is 1. The number of para-hydroxylation sites is 1. The molecule has 0 bridgehead atoms. The Hall–Kier alpha value is -4.32. The number of thioether (sulfide) groups is 1. The molecule has 5 heteroatoms. The van der Waals surface area contributed by atoms with Crippen molar-refractivity contribution >= 4 is 83.1 Å². The van der Waals surface area contributed by atoms with E-state index in [9.17, 15) is 0 Å². The van der Waals surface area contributed by atoms with Gasteiger partial charge in [-0.3, -0.25) is 0 Å². The summed E-state index contributed by atoms with van der Waals surface area (Å²) in [6, 6.07) is 35.0. The Morgan fingerprint density at radius 3 is 2.32 bits per heavy atom. The molecule has 5 aromatic carbocycles. The highest BCUT2D eigenvalue weighted by molar-refractivity contribution is 8.03. The van der Waals surface area contributed by atoms with Crippen LogP contribution in [0.2, 0.25) is 0 Å². The SMILES string of the molecule is Cc1[nH]c2ccccc2c1C(=Cc1sc2ccc3ccccc3c2[n+]1C)/C=C1/Sc2ccc3ccccc3c2N1C. The van der Waals surface area contributed by atoms with E-state index in [-0.39, 0.29) is 0 Å². The topological polar surface area (TPSA) is 22.9 Å². The minimum atomic E-state index is 1.16. The lowest BCUT2D eigenvalue weighted by Crippen LogP contribution is -2.29. The van der Waals surface area contributed by atoms with Crippen molar-refractivity contribution in [2.75, 3.05) is 11.9 Å². The van der Waals surface area contributed by atoms with Gasteiger partial charge in [-0.2, -0.15) is 4.57 Å². The van der Waals surface area contributed by atoms with Gasteiger partial charge < -0.3 is 9.88 Å².